The van der Waals surface area contributed by atoms with Crippen molar-refractivity contribution in [2.24, 2.45) is 5.92 Å². The van der Waals surface area contributed by atoms with Crippen molar-refractivity contribution in [3.05, 3.63) is 35.4 Å². The molecule has 2 fully saturated rings. The van der Waals surface area contributed by atoms with E-state index >= 15 is 0 Å². The van der Waals surface area contributed by atoms with Gasteiger partial charge in [-0.15, -0.1) is 0 Å². The maximum Gasteiger partial charge on any atom is 0.239 e. The minimum atomic E-state index is 0.0221. The number of rotatable bonds is 4. The van der Waals surface area contributed by atoms with Crippen molar-refractivity contribution in [2.75, 3.05) is 26.2 Å². The van der Waals surface area contributed by atoms with E-state index in [-0.39, 0.29) is 24.5 Å². The molecule has 4 heteroatoms. The lowest BCUT2D eigenvalue weighted by Crippen LogP contribution is -2.58. The van der Waals surface area contributed by atoms with Crippen molar-refractivity contribution in [2.45, 2.75) is 38.8 Å². The summed E-state index contributed by atoms with van der Waals surface area (Å²) < 4.78 is 0. The Morgan fingerprint density at radius 3 is 2.86 bits per heavy atom. The number of likely N-dealkylation sites (tertiary alicyclic amines) is 2. The summed E-state index contributed by atoms with van der Waals surface area (Å²) in [6.07, 6.45) is 3.28. The first-order valence-electron chi connectivity index (χ1n) is 8.36. The SMILES string of the molecule is Cc1cccc(CN2CCCCC2C(=O)N2CC(CO)C2)c1. The average Bonchev–Trinajstić information content (AvgIpc) is 2.46. The minimum absolute atomic E-state index is 0.0221. The average molecular weight is 302 g/mol. The van der Waals surface area contributed by atoms with Crippen LogP contribution in [0, 0.1) is 12.8 Å². The number of aryl methyl sites for hydroxylation is 1. The van der Waals surface area contributed by atoms with Crippen LogP contribution in [0.5, 0.6) is 0 Å². The largest absolute Gasteiger partial charge is 0.396 e. The van der Waals surface area contributed by atoms with Crippen molar-refractivity contribution < 1.29 is 9.90 Å². The van der Waals surface area contributed by atoms with Gasteiger partial charge in [-0.2, -0.15) is 0 Å². The third kappa shape index (κ3) is 3.33. The van der Waals surface area contributed by atoms with E-state index in [1.54, 1.807) is 0 Å². The van der Waals surface area contributed by atoms with Crippen LogP contribution in [0.2, 0.25) is 0 Å². The molecule has 2 saturated heterocycles. The molecule has 3 rings (SSSR count). The van der Waals surface area contributed by atoms with Crippen LogP contribution in [-0.4, -0.2) is 53.1 Å². The summed E-state index contributed by atoms with van der Waals surface area (Å²) >= 11 is 0. The van der Waals surface area contributed by atoms with E-state index in [1.807, 2.05) is 4.90 Å². The lowest BCUT2D eigenvalue weighted by Gasteiger charge is -2.44. The van der Waals surface area contributed by atoms with Crippen LogP contribution in [0.15, 0.2) is 24.3 Å². The van der Waals surface area contributed by atoms with E-state index < -0.39 is 0 Å². The Morgan fingerprint density at radius 1 is 1.32 bits per heavy atom. The number of aliphatic hydroxyl groups excluding tert-OH is 1. The van der Waals surface area contributed by atoms with E-state index in [0.29, 0.717) is 0 Å². The summed E-state index contributed by atoms with van der Waals surface area (Å²) in [5.74, 6) is 0.551. The number of benzene rings is 1. The molecule has 1 unspecified atom stereocenters. The van der Waals surface area contributed by atoms with Crippen molar-refractivity contribution in [1.82, 2.24) is 9.80 Å². The molecular formula is C18H26N2O2. The molecule has 1 aromatic carbocycles. The summed E-state index contributed by atoms with van der Waals surface area (Å²) in [6, 6.07) is 8.58. The molecule has 2 heterocycles. The fraction of sp³-hybridized carbons (Fsp3) is 0.611. The molecule has 2 aliphatic rings. The molecule has 0 aromatic heterocycles. The molecule has 0 saturated carbocycles. The summed E-state index contributed by atoms with van der Waals surface area (Å²) in [7, 11) is 0. The van der Waals surface area contributed by atoms with Crippen LogP contribution >= 0.6 is 0 Å². The van der Waals surface area contributed by atoms with Gasteiger partial charge in [-0.25, -0.2) is 0 Å². The van der Waals surface area contributed by atoms with Crippen molar-refractivity contribution in [3.8, 4) is 0 Å². The van der Waals surface area contributed by atoms with Gasteiger partial charge < -0.3 is 10.0 Å². The zero-order valence-electron chi connectivity index (χ0n) is 13.4. The Bertz CT molecular complexity index is 526. The molecule has 120 valence electrons. The van der Waals surface area contributed by atoms with Crippen LogP contribution in [-0.2, 0) is 11.3 Å². The summed E-state index contributed by atoms with van der Waals surface area (Å²) in [6.45, 7) is 5.62. The van der Waals surface area contributed by atoms with Gasteiger partial charge in [0.2, 0.25) is 5.91 Å². The number of aliphatic hydroxyl groups is 1. The highest BCUT2D eigenvalue weighted by Crippen LogP contribution is 2.25. The van der Waals surface area contributed by atoms with E-state index in [9.17, 15) is 4.79 Å². The Balaban J connectivity index is 1.65. The monoisotopic (exact) mass is 302 g/mol. The van der Waals surface area contributed by atoms with Crippen LogP contribution < -0.4 is 0 Å². The van der Waals surface area contributed by atoms with E-state index in [4.69, 9.17) is 5.11 Å². The highest BCUT2D eigenvalue weighted by molar-refractivity contribution is 5.82. The fourth-order valence-electron chi connectivity index (χ4n) is 3.58. The molecule has 0 spiro atoms. The van der Waals surface area contributed by atoms with Gasteiger partial charge in [-0.3, -0.25) is 9.69 Å². The van der Waals surface area contributed by atoms with E-state index in [1.165, 1.54) is 17.5 Å². The van der Waals surface area contributed by atoms with Gasteiger partial charge in [0, 0.05) is 32.2 Å². The van der Waals surface area contributed by atoms with Gasteiger partial charge in [-0.05, 0) is 31.9 Å². The highest BCUT2D eigenvalue weighted by atomic mass is 16.3. The van der Waals surface area contributed by atoms with Gasteiger partial charge in [0.1, 0.15) is 0 Å². The molecule has 1 atom stereocenters. The van der Waals surface area contributed by atoms with E-state index in [2.05, 4.69) is 36.1 Å². The van der Waals surface area contributed by atoms with E-state index in [0.717, 1.165) is 39.0 Å². The molecule has 0 bridgehead atoms. The third-order valence-corrected chi connectivity index (χ3v) is 4.89. The quantitative estimate of drug-likeness (QED) is 0.922. The molecule has 1 N–H and O–H groups in total. The second kappa shape index (κ2) is 6.80. The summed E-state index contributed by atoms with van der Waals surface area (Å²) in [5.41, 5.74) is 2.56. The second-order valence-electron chi connectivity index (χ2n) is 6.76. The number of amides is 1. The number of carbonyl (C=O) groups is 1. The van der Waals surface area contributed by atoms with Gasteiger partial charge in [0.15, 0.2) is 0 Å². The molecule has 1 aromatic rings. The van der Waals surface area contributed by atoms with Crippen molar-refractivity contribution in [3.63, 3.8) is 0 Å². The first-order valence-corrected chi connectivity index (χ1v) is 8.36. The van der Waals surface area contributed by atoms with Crippen LogP contribution in [0.4, 0.5) is 0 Å². The predicted octanol–water partition coefficient (Wildman–Crippen LogP) is 1.80. The van der Waals surface area contributed by atoms with Crippen molar-refractivity contribution in [1.29, 1.82) is 0 Å². The molecule has 1 amide bonds. The zero-order valence-corrected chi connectivity index (χ0v) is 13.4. The molecule has 22 heavy (non-hydrogen) atoms. The summed E-state index contributed by atoms with van der Waals surface area (Å²) in [5, 5.41) is 9.12. The fourth-order valence-corrected chi connectivity index (χ4v) is 3.58. The van der Waals surface area contributed by atoms with Crippen LogP contribution in [0.3, 0.4) is 0 Å². The maximum atomic E-state index is 12.7. The highest BCUT2D eigenvalue weighted by Gasteiger charge is 2.37. The lowest BCUT2D eigenvalue weighted by atomic mass is 9.95. The molecule has 2 aliphatic heterocycles. The normalized spacial score (nSPS) is 23.4. The first kappa shape index (κ1) is 15.5. The minimum Gasteiger partial charge on any atom is -0.396 e. The van der Waals surface area contributed by atoms with Gasteiger partial charge in [0.05, 0.1) is 6.04 Å². The number of hydrogen-bond donors (Lipinski definition) is 1. The van der Waals surface area contributed by atoms with Crippen LogP contribution in [0.1, 0.15) is 30.4 Å². The first-order chi connectivity index (χ1) is 10.7. The number of hydrogen-bond acceptors (Lipinski definition) is 3. The zero-order chi connectivity index (χ0) is 15.5. The standard InChI is InChI=1S/C18H26N2O2/c1-14-5-4-6-15(9-14)10-19-8-3-2-7-17(19)18(22)20-11-16(12-20)13-21/h4-6,9,16-17,21H,2-3,7-8,10-13H2,1H3. The topological polar surface area (TPSA) is 43.8 Å². The number of carbonyl (C=O) groups excluding carboxylic acids is 1. The Kier molecular flexibility index (Phi) is 4.79. The molecular weight excluding hydrogens is 276 g/mol. The molecule has 0 aliphatic carbocycles. The molecule has 4 nitrogen and oxygen atoms in total. The number of piperidine rings is 1. The molecule has 0 radical (unpaired) electrons. The maximum absolute atomic E-state index is 12.7. The summed E-state index contributed by atoms with van der Waals surface area (Å²) in [4.78, 5) is 17.0. The number of nitrogens with zero attached hydrogens (tertiary/aromatic N) is 2. The van der Waals surface area contributed by atoms with Gasteiger partial charge in [-0.1, -0.05) is 36.2 Å². The Morgan fingerprint density at radius 2 is 2.14 bits per heavy atom. The van der Waals surface area contributed by atoms with Gasteiger partial charge >= 0.3 is 0 Å². The Hall–Kier alpha value is -1.39. The van der Waals surface area contributed by atoms with Crippen molar-refractivity contribution >= 4 is 5.91 Å². The smallest absolute Gasteiger partial charge is 0.239 e. The van der Waals surface area contributed by atoms with Gasteiger partial charge in [0.25, 0.3) is 0 Å². The second-order valence-corrected chi connectivity index (χ2v) is 6.76. The lowest BCUT2D eigenvalue weighted by molar-refractivity contribution is -0.146. The third-order valence-electron chi connectivity index (χ3n) is 4.89. The Labute approximate surface area is 132 Å². The predicted molar refractivity (Wildman–Crippen MR) is 86.4 cm³/mol. The van der Waals surface area contributed by atoms with Crippen LogP contribution in [0.25, 0.3) is 0 Å².